The van der Waals surface area contributed by atoms with Gasteiger partial charge in [-0.1, -0.05) is 18.2 Å². The maximum atomic E-state index is 12.3. The molecular weight excluding hydrogens is 580 g/mol. The van der Waals surface area contributed by atoms with Crippen LogP contribution in [0, 0.1) is 0 Å². The van der Waals surface area contributed by atoms with Gasteiger partial charge in [0.15, 0.2) is 24.5 Å². The summed E-state index contributed by atoms with van der Waals surface area (Å²) in [4.78, 5) is 53.9. The predicted molar refractivity (Wildman–Crippen MR) is 152 cm³/mol. The molecule has 4 aromatic rings. The standard InChI is InChI=1S/C30H30N2O10S/c1-16(33)38-15-24-27(39-17(2)34)28(40-18(3)35)29(41-19(4)36)30(42-24)32-14-20(21-8-5-6-9-22(21)32)12-26-31-13-25(43-26)23-10-7-11-37-23/h5-11,13-14,24,27-30H,12,15H2,1-4H3/t24-,27-,28?,29?,30-/m1/s1. The number of benzene rings is 1. The molecule has 13 heteroatoms. The number of thiazole rings is 1. The lowest BCUT2D eigenvalue weighted by molar-refractivity contribution is -0.267. The monoisotopic (exact) mass is 610 g/mol. The summed E-state index contributed by atoms with van der Waals surface area (Å²) in [5, 5.41) is 1.74. The second-order valence-electron chi connectivity index (χ2n) is 9.94. The molecule has 0 aliphatic carbocycles. The Bertz CT molecular complexity index is 1620. The molecule has 5 atom stereocenters. The Morgan fingerprint density at radius 3 is 2.26 bits per heavy atom. The number of esters is 4. The number of aromatic nitrogens is 2. The van der Waals surface area contributed by atoms with Gasteiger partial charge in [-0.3, -0.25) is 19.2 Å². The van der Waals surface area contributed by atoms with Crippen LogP contribution >= 0.6 is 11.3 Å². The van der Waals surface area contributed by atoms with E-state index >= 15 is 0 Å². The normalized spacial score (nSPS) is 21.7. The highest BCUT2D eigenvalue weighted by molar-refractivity contribution is 7.15. The average molecular weight is 611 g/mol. The molecule has 4 heterocycles. The van der Waals surface area contributed by atoms with E-state index < -0.39 is 54.5 Å². The van der Waals surface area contributed by atoms with Gasteiger partial charge in [-0.2, -0.15) is 0 Å². The van der Waals surface area contributed by atoms with Crippen molar-refractivity contribution in [2.45, 2.75) is 64.8 Å². The molecule has 1 saturated heterocycles. The Morgan fingerprint density at radius 2 is 1.58 bits per heavy atom. The number of carbonyl (C=O) groups is 4. The number of rotatable bonds is 9. The van der Waals surface area contributed by atoms with Crippen molar-refractivity contribution in [2.24, 2.45) is 0 Å². The van der Waals surface area contributed by atoms with E-state index in [1.165, 1.54) is 39.0 Å². The second kappa shape index (κ2) is 12.8. The van der Waals surface area contributed by atoms with Gasteiger partial charge in [0.05, 0.1) is 21.7 Å². The van der Waals surface area contributed by atoms with E-state index in [0.717, 1.165) is 32.1 Å². The van der Waals surface area contributed by atoms with Gasteiger partial charge in [0.2, 0.25) is 0 Å². The summed E-state index contributed by atoms with van der Waals surface area (Å²) in [6.45, 7) is 4.51. The van der Waals surface area contributed by atoms with Crippen molar-refractivity contribution < 1.29 is 47.3 Å². The number of hydrogen-bond donors (Lipinski definition) is 0. The summed E-state index contributed by atoms with van der Waals surface area (Å²) < 4.78 is 35.7. The predicted octanol–water partition coefficient (Wildman–Crippen LogP) is 4.20. The van der Waals surface area contributed by atoms with Crippen molar-refractivity contribution in [1.29, 1.82) is 0 Å². The summed E-state index contributed by atoms with van der Waals surface area (Å²) in [6.07, 6.45) is -0.157. The van der Waals surface area contributed by atoms with Gasteiger partial charge >= 0.3 is 23.9 Å². The zero-order valence-electron chi connectivity index (χ0n) is 23.9. The van der Waals surface area contributed by atoms with Crippen molar-refractivity contribution >= 4 is 46.1 Å². The Kier molecular flexibility index (Phi) is 8.92. The van der Waals surface area contributed by atoms with E-state index in [4.69, 9.17) is 28.1 Å². The summed E-state index contributed by atoms with van der Waals surface area (Å²) in [5.41, 5.74) is 1.64. The molecule has 0 amide bonds. The summed E-state index contributed by atoms with van der Waals surface area (Å²) in [5.74, 6) is -1.91. The van der Waals surface area contributed by atoms with Crippen molar-refractivity contribution in [3.63, 3.8) is 0 Å². The molecule has 0 bridgehead atoms. The van der Waals surface area contributed by atoms with Gasteiger partial charge in [-0.05, 0) is 23.8 Å². The zero-order chi connectivity index (χ0) is 30.7. The fourth-order valence-electron chi connectivity index (χ4n) is 5.15. The fourth-order valence-corrected chi connectivity index (χ4v) is 6.05. The molecule has 2 unspecified atom stereocenters. The molecule has 43 heavy (non-hydrogen) atoms. The second-order valence-corrected chi connectivity index (χ2v) is 11.1. The molecule has 1 fully saturated rings. The zero-order valence-corrected chi connectivity index (χ0v) is 24.7. The Morgan fingerprint density at radius 1 is 0.884 bits per heavy atom. The minimum absolute atomic E-state index is 0.310. The van der Waals surface area contributed by atoms with Crippen LogP contribution in [0.5, 0.6) is 0 Å². The lowest BCUT2D eigenvalue weighted by atomic mass is 9.97. The molecule has 0 N–H and O–H groups in total. The number of fused-ring (bicyclic) bond motifs is 1. The van der Waals surface area contributed by atoms with Gasteiger partial charge in [0.25, 0.3) is 0 Å². The minimum Gasteiger partial charge on any atom is -0.463 e. The first-order valence-electron chi connectivity index (χ1n) is 13.5. The Labute approximate surface area is 250 Å². The van der Waals surface area contributed by atoms with Gasteiger partial charge < -0.3 is 32.7 Å². The molecule has 0 radical (unpaired) electrons. The van der Waals surface area contributed by atoms with Gasteiger partial charge in [-0.15, -0.1) is 11.3 Å². The molecule has 226 valence electrons. The van der Waals surface area contributed by atoms with E-state index in [9.17, 15) is 19.2 Å². The van der Waals surface area contributed by atoms with E-state index in [2.05, 4.69) is 4.98 Å². The number of carbonyl (C=O) groups excluding carboxylic acids is 4. The Hall–Kier alpha value is -4.49. The van der Waals surface area contributed by atoms with Crippen LogP contribution in [0.1, 0.15) is 44.5 Å². The van der Waals surface area contributed by atoms with Crippen LogP contribution < -0.4 is 0 Å². The molecule has 0 spiro atoms. The van der Waals surface area contributed by atoms with Gasteiger partial charge in [-0.25, -0.2) is 4.98 Å². The number of nitrogens with zero attached hydrogens (tertiary/aromatic N) is 2. The van der Waals surface area contributed by atoms with Crippen LogP contribution in [0.25, 0.3) is 21.5 Å². The number of hydrogen-bond acceptors (Lipinski definition) is 12. The molecule has 1 aromatic carbocycles. The fraction of sp³-hybridized carbons (Fsp3) is 0.367. The highest BCUT2D eigenvalue weighted by atomic mass is 32.1. The van der Waals surface area contributed by atoms with E-state index in [-0.39, 0.29) is 6.61 Å². The Balaban J connectivity index is 1.58. The largest absolute Gasteiger partial charge is 0.463 e. The third kappa shape index (κ3) is 6.78. The molecular formula is C30H30N2O10S. The highest BCUT2D eigenvalue weighted by Crippen LogP contribution is 2.38. The summed E-state index contributed by atoms with van der Waals surface area (Å²) in [7, 11) is 0. The third-order valence-electron chi connectivity index (χ3n) is 6.72. The highest BCUT2D eigenvalue weighted by Gasteiger charge is 2.53. The lowest BCUT2D eigenvalue weighted by Gasteiger charge is -2.44. The summed E-state index contributed by atoms with van der Waals surface area (Å²) in [6, 6.07) is 11.3. The van der Waals surface area contributed by atoms with E-state index in [1.807, 2.05) is 42.6 Å². The quantitative estimate of drug-likeness (QED) is 0.198. The van der Waals surface area contributed by atoms with Crippen LogP contribution in [0.3, 0.4) is 0 Å². The average Bonchev–Trinajstić information content (AvgIpc) is 3.70. The maximum absolute atomic E-state index is 12.3. The van der Waals surface area contributed by atoms with Crippen LogP contribution in [-0.4, -0.2) is 64.5 Å². The molecule has 5 rings (SSSR count). The molecule has 3 aromatic heterocycles. The van der Waals surface area contributed by atoms with Gasteiger partial charge in [0.1, 0.15) is 18.5 Å². The van der Waals surface area contributed by atoms with Crippen molar-refractivity contribution in [3.05, 3.63) is 65.6 Å². The van der Waals surface area contributed by atoms with Crippen LogP contribution in [0.2, 0.25) is 0 Å². The minimum atomic E-state index is -1.27. The first kappa shape index (κ1) is 30.0. The maximum Gasteiger partial charge on any atom is 0.303 e. The van der Waals surface area contributed by atoms with Crippen molar-refractivity contribution in [1.82, 2.24) is 9.55 Å². The van der Waals surface area contributed by atoms with Crippen molar-refractivity contribution in [3.8, 4) is 10.6 Å². The van der Waals surface area contributed by atoms with E-state index in [0.29, 0.717) is 6.42 Å². The van der Waals surface area contributed by atoms with Gasteiger partial charge in [0, 0.05) is 51.9 Å². The SMILES string of the molecule is CC(=O)OC[C@H]1O[C@@H](n2cc(Cc3ncc(-c4ccco4)s3)c3ccccc32)C(OC(C)=O)C(OC(C)=O)[C@@H]1OC(C)=O. The van der Waals surface area contributed by atoms with Crippen LogP contribution in [0.4, 0.5) is 0 Å². The first-order valence-corrected chi connectivity index (χ1v) is 14.3. The molecule has 12 nitrogen and oxygen atoms in total. The third-order valence-corrected chi connectivity index (χ3v) is 7.73. The van der Waals surface area contributed by atoms with E-state index in [1.54, 1.807) is 17.0 Å². The van der Waals surface area contributed by atoms with Crippen molar-refractivity contribution in [2.75, 3.05) is 6.61 Å². The first-order chi connectivity index (χ1) is 20.6. The topological polar surface area (TPSA) is 145 Å². The smallest absolute Gasteiger partial charge is 0.303 e. The summed E-state index contributed by atoms with van der Waals surface area (Å²) >= 11 is 1.50. The number of ether oxygens (including phenoxy) is 5. The molecule has 1 aliphatic rings. The van der Waals surface area contributed by atoms with Crippen LogP contribution in [0.15, 0.2) is 59.5 Å². The number of furan rings is 1. The molecule has 1 aliphatic heterocycles. The molecule has 0 saturated carbocycles. The number of para-hydroxylation sites is 1. The lowest BCUT2D eigenvalue weighted by Crippen LogP contribution is -2.60. The van der Waals surface area contributed by atoms with Crippen LogP contribution in [-0.2, 0) is 49.3 Å².